The van der Waals surface area contributed by atoms with E-state index in [0.29, 0.717) is 162 Å². The van der Waals surface area contributed by atoms with Gasteiger partial charge in [0.15, 0.2) is 28.2 Å². The number of carbonyl (C=O) groups is 8. The summed E-state index contributed by atoms with van der Waals surface area (Å²) in [5, 5.41) is 49.6. The van der Waals surface area contributed by atoms with Crippen molar-refractivity contribution < 1.29 is 95.6 Å². The third-order valence-corrected chi connectivity index (χ3v) is 28.6. The molecule has 4 bridgehead atoms. The predicted molar refractivity (Wildman–Crippen MR) is 525 cm³/mol. The van der Waals surface area contributed by atoms with Gasteiger partial charge in [-0.2, -0.15) is 0 Å². The first-order chi connectivity index (χ1) is 65.2. The second kappa shape index (κ2) is 48.4. The molecular weight excluding hydrogens is 2020 g/mol. The summed E-state index contributed by atoms with van der Waals surface area (Å²) in [4.78, 5) is 99.8. The summed E-state index contributed by atoms with van der Waals surface area (Å²) in [6.07, 6.45) is 20.3. The number of aromatic nitrogens is 4. The normalized spacial score (nSPS) is 19.4. The van der Waals surface area contributed by atoms with E-state index in [-0.39, 0.29) is 125 Å². The molecule has 4 aromatic heterocycles. The van der Waals surface area contributed by atoms with Crippen LogP contribution in [0.25, 0.3) is 45.0 Å². The monoisotopic (exact) mass is 2120 g/mol. The van der Waals surface area contributed by atoms with Crippen molar-refractivity contribution in [2.24, 2.45) is 11.1 Å². The number of aliphatic hydroxyl groups is 1. The Morgan fingerprint density at radius 2 is 0.708 bits per heavy atom. The molecule has 6 atom stereocenters. The van der Waals surface area contributed by atoms with Gasteiger partial charge in [0.05, 0.1) is 75.1 Å². The number of aliphatic hydroxyl groups excluding tert-OH is 1. The van der Waals surface area contributed by atoms with E-state index in [9.17, 15) is 48.6 Å². The molecule has 3 N–H and O–H groups in total. The van der Waals surface area contributed by atoms with Gasteiger partial charge in [0.1, 0.15) is 74.5 Å². The molecule has 736 valence electrons. The number of ketones is 1. The third kappa shape index (κ3) is 26.5. The van der Waals surface area contributed by atoms with Crippen molar-refractivity contribution in [2.75, 3.05) is 13.2 Å². The SMILES string of the molecule is CC(C)(C)OC(=O)N1[C@@H]2CC[C@H]1CC(O)C2.CC(C)(C)OC(=O)N1[C@@H]2CC[C@H]1CC(OC(=O)c1c(-c3c(Cl)cccc3Cl)noc1C1CCC1)C2.CCOC(=O)CC(=O)C1CCC1.CCOC(=O)c1c(-c2c(Cl)cccc2Cl)noc1C1CCC1.O/N=C(\Cl)c1c(Cl)cccc1Cl.O=C(Cl)c1c(-c2c(Cl)cccc2Cl)noc1C1CCC1.O=C(O)c1c(-c2c(Cl)cccc2Cl)noc1C1CCC1. The molecule has 9 aromatic rings. The van der Waals surface area contributed by atoms with Gasteiger partial charge in [0.25, 0.3) is 5.24 Å². The fourth-order valence-corrected chi connectivity index (χ4v) is 20.7. The molecule has 39 heteroatoms. The van der Waals surface area contributed by atoms with E-state index in [4.69, 9.17) is 181 Å². The first kappa shape index (κ1) is 107. The number of hydrogen-bond donors (Lipinski definition) is 3. The van der Waals surface area contributed by atoms with Gasteiger partial charge in [-0.25, -0.2) is 24.0 Å². The number of Topliss-reactive ketones (excluding diaryl/α,β-unsaturated/α-hetero) is 1. The Hall–Kier alpha value is -8.39. The Kier molecular flexibility index (Phi) is 38.0. The number of hydrogen-bond acceptors (Lipinski definition) is 24. The van der Waals surface area contributed by atoms with Gasteiger partial charge in [0, 0.05) is 88.9 Å². The van der Waals surface area contributed by atoms with Crippen molar-refractivity contribution in [2.45, 2.75) is 281 Å². The number of benzene rings is 5. The number of amides is 2. The lowest BCUT2D eigenvalue weighted by Crippen LogP contribution is -2.50. The second-order valence-electron chi connectivity index (χ2n) is 36.5. The van der Waals surface area contributed by atoms with Crippen LogP contribution in [0.2, 0.25) is 50.2 Å². The summed E-state index contributed by atoms with van der Waals surface area (Å²) in [7, 11) is 0. The highest BCUT2D eigenvalue weighted by Crippen LogP contribution is 2.51. The van der Waals surface area contributed by atoms with Gasteiger partial charge in [0.2, 0.25) is 0 Å². The number of rotatable bonds is 19. The van der Waals surface area contributed by atoms with Crippen LogP contribution in [0.1, 0.15) is 303 Å². The lowest BCUT2D eigenvalue weighted by atomic mass is 9.81. The summed E-state index contributed by atoms with van der Waals surface area (Å²) < 4.78 is 48.7. The molecule has 5 saturated carbocycles. The van der Waals surface area contributed by atoms with Crippen molar-refractivity contribution in [3.8, 4) is 45.0 Å². The van der Waals surface area contributed by atoms with Gasteiger partial charge in [-0.05, 0) is 230 Å². The quantitative estimate of drug-likeness (QED) is 0.0129. The summed E-state index contributed by atoms with van der Waals surface area (Å²) in [6.45, 7) is 15.4. The van der Waals surface area contributed by atoms with Crippen LogP contribution < -0.4 is 0 Å². The number of aromatic carboxylic acids is 1. The number of nitrogens with zero attached hydrogens (tertiary/aromatic N) is 7. The maximum atomic E-state index is 13.6. The van der Waals surface area contributed by atoms with Gasteiger partial charge in [-0.1, -0.05) is 216 Å². The lowest BCUT2D eigenvalue weighted by Gasteiger charge is -2.39. The number of esters is 3. The number of carboxylic acid groups (broad SMARTS) is 1. The van der Waals surface area contributed by atoms with Crippen molar-refractivity contribution >= 4 is 191 Å². The van der Waals surface area contributed by atoms with Crippen LogP contribution in [0.3, 0.4) is 0 Å². The minimum absolute atomic E-state index is 0.00698. The minimum atomic E-state index is -1.07. The maximum absolute atomic E-state index is 13.6. The van der Waals surface area contributed by atoms with Crippen LogP contribution in [-0.2, 0) is 33.3 Å². The molecule has 8 heterocycles. The van der Waals surface area contributed by atoms with E-state index < -0.39 is 34.4 Å². The molecule has 4 aliphatic heterocycles. The van der Waals surface area contributed by atoms with Crippen LogP contribution in [0, 0.1) is 5.92 Å². The number of ether oxygens (including phenoxy) is 5. The van der Waals surface area contributed by atoms with Crippen molar-refractivity contribution in [1.29, 1.82) is 0 Å². The van der Waals surface area contributed by atoms with Gasteiger partial charge in [-0.3, -0.25) is 14.4 Å². The number of oxime groups is 1. The molecule has 18 rings (SSSR count). The first-order valence-electron chi connectivity index (χ1n) is 45.5. The fourth-order valence-electron chi connectivity index (χ4n) is 17.4. The molecule has 4 saturated heterocycles. The lowest BCUT2D eigenvalue weighted by molar-refractivity contribution is -0.146. The number of halogens is 12. The molecular formula is C98H105Cl12N7O20. The number of carboxylic acids is 1. The van der Waals surface area contributed by atoms with E-state index in [0.717, 1.165) is 122 Å². The number of carbonyl (C=O) groups excluding carboxylic acids is 7. The Labute approximate surface area is 852 Å². The Morgan fingerprint density at radius 3 is 1.00 bits per heavy atom. The average Bonchev–Trinajstić information content (AvgIpc) is 2.27. The van der Waals surface area contributed by atoms with Gasteiger partial charge >= 0.3 is 36.1 Å². The molecule has 137 heavy (non-hydrogen) atoms. The van der Waals surface area contributed by atoms with Crippen LogP contribution in [0.15, 0.2) is 114 Å². The van der Waals surface area contributed by atoms with Crippen molar-refractivity contribution in [3.05, 3.63) is 192 Å². The van der Waals surface area contributed by atoms with E-state index in [1.807, 2.05) is 51.3 Å². The molecule has 2 unspecified atom stereocenters. The van der Waals surface area contributed by atoms with Gasteiger partial charge in [-0.15, -0.1) is 0 Å². The van der Waals surface area contributed by atoms with Gasteiger partial charge < -0.3 is 67.0 Å². The van der Waals surface area contributed by atoms with Crippen molar-refractivity contribution in [1.82, 2.24) is 30.4 Å². The van der Waals surface area contributed by atoms with E-state index >= 15 is 0 Å². The highest BCUT2D eigenvalue weighted by molar-refractivity contribution is 6.71. The standard InChI is InChI=1S/C26H30Cl2N2O5.C16H15Cl2NO3.C14H10Cl3NO2.C14H11Cl2NO3.C12H21NO3.C9H14O3.C7H4Cl3NO/c1-26(2,3)34-25(32)30-15-10-11-16(30)13-17(12-15)33-24(31)21-22(20-18(27)8-5-9-19(20)28)29-35-23(21)14-6-4-7-14;1-2-21-16(20)13-14(12-10(17)7-4-8-11(12)18)19-22-15(13)9-5-3-6-9;15-8-5-2-6-9(16)10(8)12-11(14(17)19)13(20-18-12)7-3-1-4-7;15-8-5-2-6-9(16)10(8)12-11(14(18)19)13(20-17-12)7-3-1-4-7;1-12(2,3)16-11(15)13-8-4-5-9(13)7-10(14)6-8;1-2-12-9(11)6-8(10)7-4-3-5-7;8-4-2-1-3-5(9)6(4)7(10)11-12/h5,8-9,14-17H,4,6-7,10-13H2,1-3H3;4,7-9H,2-3,5-6H2,1H3;2,5-7H,1,3-4H2;2,5-7H,1,3-4H2,(H,18,19);8-10,14H,4-7H2,1-3H3;7H,2-6H2,1H3;1-3,12H/b;;;;;;11-7-/t15-,16+,17?;;;;8-,9+,10?;;. The largest absolute Gasteiger partial charge is 0.477 e. The highest BCUT2D eigenvalue weighted by atomic mass is 35.5. The molecule has 9 fully saturated rings. The zero-order valence-electron chi connectivity index (χ0n) is 76.3. The van der Waals surface area contributed by atoms with E-state index in [2.05, 4.69) is 30.5 Å². The molecule has 27 nitrogen and oxygen atoms in total. The maximum Gasteiger partial charge on any atom is 0.410 e. The Balaban J connectivity index is 0.000000148. The van der Waals surface area contributed by atoms with Crippen LogP contribution in [0.4, 0.5) is 9.59 Å². The summed E-state index contributed by atoms with van der Waals surface area (Å²) in [5.41, 5.74) is 3.43. The third-order valence-electron chi connectivity index (χ3n) is 25.0. The molecule has 0 radical (unpaired) electrons. The molecule has 5 aromatic carbocycles. The first-order valence-corrected chi connectivity index (χ1v) is 50.0. The summed E-state index contributed by atoms with van der Waals surface area (Å²) >= 11 is 72.6. The Bertz CT molecular complexity index is 5620. The number of fused-ring (bicyclic) bond motifs is 4. The van der Waals surface area contributed by atoms with E-state index in [1.165, 1.54) is 0 Å². The van der Waals surface area contributed by atoms with Crippen LogP contribution in [0.5, 0.6) is 0 Å². The van der Waals surface area contributed by atoms with E-state index in [1.54, 1.807) is 105 Å². The average molecular weight is 2130 g/mol. The van der Waals surface area contributed by atoms with Crippen LogP contribution in [-0.4, -0.2) is 159 Å². The summed E-state index contributed by atoms with van der Waals surface area (Å²) in [6, 6.07) is 25.6. The Morgan fingerprint density at radius 1 is 0.409 bits per heavy atom. The second-order valence-corrected chi connectivity index (χ2v) is 41.3. The molecule has 9 aliphatic rings. The van der Waals surface area contributed by atoms with Crippen molar-refractivity contribution in [3.63, 3.8) is 0 Å². The summed E-state index contributed by atoms with van der Waals surface area (Å²) in [5.74, 6) is 0.591. The molecule has 5 aliphatic carbocycles. The molecule has 2 amide bonds. The predicted octanol–water partition coefficient (Wildman–Crippen LogP) is 28.6. The topological polar surface area (TPSA) is 366 Å². The molecule has 0 spiro atoms. The zero-order chi connectivity index (χ0) is 99.2. The smallest absolute Gasteiger partial charge is 0.410 e. The highest BCUT2D eigenvalue weighted by Gasteiger charge is 2.49. The minimum Gasteiger partial charge on any atom is -0.477 e. The zero-order valence-corrected chi connectivity index (χ0v) is 85.4. The fraction of sp³-hybridized carbons (Fsp3) is 0.480. The van der Waals surface area contributed by atoms with Crippen LogP contribution >= 0.6 is 139 Å². The number of piperidine rings is 2.